The van der Waals surface area contributed by atoms with E-state index in [2.05, 4.69) is 4.98 Å². The molecule has 0 radical (unpaired) electrons. The van der Waals surface area contributed by atoms with E-state index in [4.69, 9.17) is 5.26 Å². The maximum absolute atomic E-state index is 13.5. The topological polar surface area (TPSA) is 79.8 Å². The van der Waals surface area contributed by atoms with Gasteiger partial charge in [0.25, 0.3) is 0 Å². The van der Waals surface area contributed by atoms with Gasteiger partial charge in [-0.1, -0.05) is 18.2 Å². The number of nitro groups is 1. The third-order valence-electron chi connectivity index (χ3n) is 2.36. The van der Waals surface area contributed by atoms with Gasteiger partial charge in [-0.2, -0.15) is 5.26 Å². The molecule has 0 saturated heterocycles. The molecular weight excluding hydrogens is 237 g/mol. The quantitative estimate of drug-likeness (QED) is 0.599. The molecule has 1 heterocycles. The number of aromatic nitrogens is 1. The molecule has 0 atom stereocenters. The molecule has 1 aromatic carbocycles. The smallest absolute Gasteiger partial charge is 0.258 e. The largest absolute Gasteiger partial charge is 0.306 e. The number of halogens is 1. The highest BCUT2D eigenvalue weighted by molar-refractivity contribution is 5.67. The van der Waals surface area contributed by atoms with Crippen LogP contribution in [0, 0.1) is 27.3 Å². The molecule has 88 valence electrons. The van der Waals surface area contributed by atoms with E-state index in [0.29, 0.717) is 0 Å². The van der Waals surface area contributed by atoms with Crippen LogP contribution in [0.5, 0.6) is 0 Å². The molecule has 0 bridgehead atoms. The van der Waals surface area contributed by atoms with Crippen LogP contribution >= 0.6 is 0 Å². The van der Waals surface area contributed by atoms with E-state index in [0.717, 1.165) is 6.07 Å². The summed E-state index contributed by atoms with van der Waals surface area (Å²) in [7, 11) is 0. The van der Waals surface area contributed by atoms with Crippen LogP contribution in [-0.2, 0) is 0 Å². The molecule has 0 aliphatic heterocycles. The fraction of sp³-hybridized carbons (Fsp3) is 0. The third kappa shape index (κ3) is 2.01. The van der Waals surface area contributed by atoms with E-state index in [1.165, 1.54) is 24.4 Å². The zero-order chi connectivity index (χ0) is 13.1. The van der Waals surface area contributed by atoms with E-state index in [1.54, 1.807) is 12.1 Å². The fourth-order valence-corrected chi connectivity index (χ4v) is 1.52. The zero-order valence-corrected chi connectivity index (χ0v) is 9.00. The Morgan fingerprint density at radius 2 is 2.11 bits per heavy atom. The summed E-state index contributed by atoms with van der Waals surface area (Å²) >= 11 is 0. The van der Waals surface area contributed by atoms with Crippen molar-refractivity contribution in [3.05, 3.63) is 58.2 Å². The summed E-state index contributed by atoms with van der Waals surface area (Å²) in [6, 6.07) is 8.64. The molecule has 6 heteroatoms. The summed E-state index contributed by atoms with van der Waals surface area (Å²) < 4.78 is 13.5. The second-order valence-corrected chi connectivity index (χ2v) is 3.44. The van der Waals surface area contributed by atoms with E-state index >= 15 is 0 Å². The highest BCUT2D eigenvalue weighted by atomic mass is 19.1. The van der Waals surface area contributed by atoms with Gasteiger partial charge in [0.1, 0.15) is 11.9 Å². The monoisotopic (exact) mass is 243 g/mol. The lowest BCUT2D eigenvalue weighted by Crippen LogP contribution is -1.96. The van der Waals surface area contributed by atoms with E-state index in [-0.39, 0.29) is 16.8 Å². The highest BCUT2D eigenvalue weighted by Gasteiger charge is 2.17. The van der Waals surface area contributed by atoms with E-state index < -0.39 is 16.4 Å². The predicted molar refractivity (Wildman–Crippen MR) is 61.0 cm³/mol. The second-order valence-electron chi connectivity index (χ2n) is 3.44. The van der Waals surface area contributed by atoms with E-state index in [1.807, 2.05) is 0 Å². The van der Waals surface area contributed by atoms with Crippen molar-refractivity contribution in [3.63, 3.8) is 0 Å². The van der Waals surface area contributed by atoms with Crippen LogP contribution in [0.3, 0.4) is 0 Å². The summed E-state index contributed by atoms with van der Waals surface area (Å²) in [5.41, 5.74) is -0.255. The van der Waals surface area contributed by atoms with Crippen molar-refractivity contribution in [1.29, 1.82) is 5.26 Å². The number of benzene rings is 1. The number of pyridine rings is 1. The Kier molecular flexibility index (Phi) is 2.98. The van der Waals surface area contributed by atoms with Crippen molar-refractivity contribution in [2.75, 3.05) is 0 Å². The lowest BCUT2D eigenvalue weighted by molar-refractivity contribution is -0.385. The maximum Gasteiger partial charge on any atom is 0.306 e. The Bertz CT molecular complexity index is 665. The Hall–Kier alpha value is -2.81. The summed E-state index contributed by atoms with van der Waals surface area (Å²) in [6.07, 6.45) is 1.24. The van der Waals surface area contributed by atoms with Crippen molar-refractivity contribution >= 4 is 5.69 Å². The zero-order valence-electron chi connectivity index (χ0n) is 9.00. The minimum atomic E-state index is -0.712. The molecule has 0 aliphatic rings. The third-order valence-corrected chi connectivity index (χ3v) is 2.36. The Morgan fingerprint density at radius 3 is 2.72 bits per heavy atom. The van der Waals surface area contributed by atoms with Gasteiger partial charge < -0.3 is 0 Å². The van der Waals surface area contributed by atoms with Crippen molar-refractivity contribution in [3.8, 4) is 17.2 Å². The van der Waals surface area contributed by atoms with Gasteiger partial charge in [0.2, 0.25) is 5.69 Å². The van der Waals surface area contributed by atoms with Gasteiger partial charge in [-0.25, -0.2) is 9.37 Å². The minimum Gasteiger partial charge on any atom is -0.258 e. The summed E-state index contributed by atoms with van der Waals surface area (Å²) in [4.78, 5) is 13.7. The van der Waals surface area contributed by atoms with Gasteiger partial charge in [-0.15, -0.1) is 0 Å². The second kappa shape index (κ2) is 4.59. The molecular formula is C12H6FN3O2. The molecule has 0 spiro atoms. The predicted octanol–water partition coefficient (Wildman–Crippen LogP) is 2.67. The molecule has 2 aromatic rings. The lowest BCUT2D eigenvalue weighted by Gasteiger charge is -2.03. The average Bonchev–Trinajstić information content (AvgIpc) is 2.38. The molecule has 0 aliphatic carbocycles. The maximum atomic E-state index is 13.5. The first kappa shape index (κ1) is 11.7. The standard InChI is InChI=1S/C12H6FN3O2/c13-10-4-2-1-3-9(10)8-5-12(16(17)18)11(6-14)15-7-8/h1-5,7H. The molecule has 18 heavy (non-hydrogen) atoms. The first-order valence-corrected chi connectivity index (χ1v) is 4.93. The number of nitrogens with zero attached hydrogens (tertiary/aromatic N) is 3. The van der Waals surface area contributed by atoms with Crippen molar-refractivity contribution in [1.82, 2.24) is 4.98 Å². The molecule has 1 aromatic heterocycles. The van der Waals surface area contributed by atoms with Gasteiger partial charge in [0, 0.05) is 23.4 Å². The van der Waals surface area contributed by atoms with Gasteiger partial charge in [0.05, 0.1) is 4.92 Å². The SMILES string of the molecule is N#Cc1ncc(-c2ccccc2F)cc1[N+](=O)[O-]. The Morgan fingerprint density at radius 1 is 1.39 bits per heavy atom. The average molecular weight is 243 g/mol. The summed E-state index contributed by atoms with van der Waals surface area (Å²) in [5.74, 6) is -0.502. The molecule has 0 amide bonds. The number of hydrogen-bond donors (Lipinski definition) is 0. The minimum absolute atomic E-state index is 0.206. The fourth-order valence-electron chi connectivity index (χ4n) is 1.52. The van der Waals surface area contributed by atoms with Crippen LogP contribution in [0.2, 0.25) is 0 Å². The first-order valence-electron chi connectivity index (χ1n) is 4.93. The van der Waals surface area contributed by atoms with Crippen LogP contribution in [0.1, 0.15) is 5.69 Å². The van der Waals surface area contributed by atoms with Crippen LogP contribution in [0.25, 0.3) is 11.1 Å². The molecule has 2 rings (SSSR count). The van der Waals surface area contributed by atoms with Gasteiger partial charge in [-0.3, -0.25) is 10.1 Å². The van der Waals surface area contributed by atoms with Crippen LogP contribution in [-0.4, -0.2) is 9.91 Å². The summed E-state index contributed by atoms with van der Waals surface area (Å²) in [6.45, 7) is 0. The van der Waals surface area contributed by atoms with Crippen LogP contribution in [0.15, 0.2) is 36.5 Å². The van der Waals surface area contributed by atoms with E-state index in [9.17, 15) is 14.5 Å². The Labute approximate surface area is 101 Å². The van der Waals surface area contributed by atoms with Crippen molar-refractivity contribution < 1.29 is 9.31 Å². The molecule has 0 unspecified atom stereocenters. The van der Waals surface area contributed by atoms with Gasteiger partial charge in [0.15, 0.2) is 0 Å². The normalized spacial score (nSPS) is 9.78. The number of rotatable bonds is 2. The van der Waals surface area contributed by atoms with Crippen LogP contribution in [0.4, 0.5) is 10.1 Å². The Balaban J connectivity index is 2.62. The lowest BCUT2D eigenvalue weighted by atomic mass is 10.1. The van der Waals surface area contributed by atoms with Crippen molar-refractivity contribution in [2.45, 2.75) is 0 Å². The molecule has 5 nitrogen and oxygen atoms in total. The first-order chi connectivity index (χ1) is 8.63. The highest BCUT2D eigenvalue weighted by Crippen LogP contribution is 2.26. The number of hydrogen-bond acceptors (Lipinski definition) is 4. The van der Waals surface area contributed by atoms with Crippen molar-refractivity contribution in [2.24, 2.45) is 0 Å². The van der Waals surface area contributed by atoms with Gasteiger partial charge >= 0.3 is 5.69 Å². The summed E-state index contributed by atoms with van der Waals surface area (Å²) in [5, 5.41) is 19.5. The van der Waals surface area contributed by atoms with Crippen LogP contribution < -0.4 is 0 Å². The molecule has 0 N–H and O–H groups in total. The molecule has 0 fully saturated rings. The molecule has 0 saturated carbocycles. The number of nitriles is 1. The van der Waals surface area contributed by atoms with Gasteiger partial charge in [-0.05, 0) is 6.07 Å².